The van der Waals surface area contributed by atoms with Crippen LogP contribution in [-0.2, 0) is 11.3 Å². The van der Waals surface area contributed by atoms with Crippen molar-refractivity contribution >= 4 is 16.8 Å². The molecule has 0 atom stereocenters. The van der Waals surface area contributed by atoms with E-state index in [-0.39, 0.29) is 11.9 Å². The molecule has 1 amide bonds. The summed E-state index contributed by atoms with van der Waals surface area (Å²) in [6.07, 6.45) is 1.93. The number of aromatic nitrogens is 1. The fourth-order valence-electron chi connectivity index (χ4n) is 1.91. The minimum absolute atomic E-state index is 0.0349. The van der Waals surface area contributed by atoms with Crippen LogP contribution in [0.15, 0.2) is 30.5 Å². The average Bonchev–Trinajstić information content (AvgIpc) is 2.75. The molecule has 96 valence electrons. The molecule has 0 unspecified atom stereocenters. The van der Waals surface area contributed by atoms with E-state index in [9.17, 15) is 4.79 Å². The number of nitrogens with one attached hydrogen (secondary N) is 3. The van der Waals surface area contributed by atoms with Gasteiger partial charge in [0.1, 0.15) is 0 Å². The molecule has 18 heavy (non-hydrogen) atoms. The highest BCUT2D eigenvalue weighted by molar-refractivity contribution is 5.80. The highest BCUT2D eigenvalue weighted by Gasteiger charge is 2.02. The Hall–Kier alpha value is -1.81. The van der Waals surface area contributed by atoms with Crippen LogP contribution in [0.25, 0.3) is 10.9 Å². The van der Waals surface area contributed by atoms with E-state index in [2.05, 4.69) is 33.8 Å². The molecule has 2 aromatic rings. The van der Waals surface area contributed by atoms with E-state index >= 15 is 0 Å². The first kappa shape index (κ1) is 12.6. The van der Waals surface area contributed by atoms with Crippen LogP contribution < -0.4 is 10.6 Å². The molecular formula is C14H19N3O. The van der Waals surface area contributed by atoms with Crippen LogP contribution in [0, 0.1) is 0 Å². The maximum absolute atomic E-state index is 11.4. The van der Waals surface area contributed by atoms with Gasteiger partial charge in [-0.15, -0.1) is 0 Å². The number of amides is 1. The maximum Gasteiger partial charge on any atom is 0.234 e. The van der Waals surface area contributed by atoms with Gasteiger partial charge in [0.25, 0.3) is 0 Å². The van der Waals surface area contributed by atoms with Crippen molar-refractivity contribution in [1.29, 1.82) is 0 Å². The molecule has 0 saturated heterocycles. The standard InChI is InChI=1S/C14H19N3O/c1-10(2)17-14(18)9-15-8-11-3-4-13-12(7-11)5-6-16-13/h3-7,10,15-16H,8-9H2,1-2H3,(H,17,18). The number of carbonyl (C=O) groups excluding carboxylic acids is 1. The third-order valence-corrected chi connectivity index (χ3v) is 2.68. The van der Waals surface area contributed by atoms with Crippen LogP contribution >= 0.6 is 0 Å². The lowest BCUT2D eigenvalue weighted by molar-refractivity contribution is -0.120. The lowest BCUT2D eigenvalue weighted by atomic mass is 10.1. The predicted molar refractivity (Wildman–Crippen MR) is 73.3 cm³/mol. The molecular weight excluding hydrogens is 226 g/mol. The van der Waals surface area contributed by atoms with Crippen molar-refractivity contribution in [2.75, 3.05) is 6.54 Å². The number of aromatic amines is 1. The fraction of sp³-hybridized carbons (Fsp3) is 0.357. The highest BCUT2D eigenvalue weighted by Crippen LogP contribution is 2.13. The summed E-state index contributed by atoms with van der Waals surface area (Å²) in [5.41, 5.74) is 2.32. The van der Waals surface area contributed by atoms with Gasteiger partial charge < -0.3 is 15.6 Å². The van der Waals surface area contributed by atoms with Gasteiger partial charge in [-0.2, -0.15) is 0 Å². The summed E-state index contributed by atoms with van der Waals surface area (Å²) in [5, 5.41) is 7.18. The minimum atomic E-state index is 0.0349. The molecule has 0 spiro atoms. The molecule has 1 heterocycles. The largest absolute Gasteiger partial charge is 0.361 e. The second-order valence-corrected chi connectivity index (χ2v) is 4.73. The summed E-state index contributed by atoms with van der Waals surface area (Å²) in [6.45, 7) is 4.96. The lowest BCUT2D eigenvalue weighted by Gasteiger charge is -2.09. The van der Waals surface area contributed by atoms with Gasteiger partial charge >= 0.3 is 0 Å². The second kappa shape index (κ2) is 5.69. The molecule has 4 nitrogen and oxygen atoms in total. The van der Waals surface area contributed by atoms with Crippen molar-refractivity contribution in [3.63, 3.8) is 0 Å². The zero-order chi connectivity index (χ0) is 13.0. The molecule has 2 rings (SSSR count). The van der Waals surface area contributed by atoms with Crippen molar-refractivity contribution < 1.29 is 4.79 Å². The molecule has 0 aliphatic heterocycles. The number of rotatable bonds is 5. The Balaban J connectivity index is 1.84. The van der Waals surface area contributed by atoms with Crippen LogP contribution in [0.5, 0.6) is 0 Å². The third-order valence-electron chi connectivity index (χ3n) is 2.68. The van der Waals surface area contributed by atoms with E-state index in [1.54, 1.807) is 0 Å². The van der Waals surface area contributed by atoms with Gasteiger partial charge in [0.05, 0.1) is 6.54 Å². The maximum atomic E-state index is 11.4. The quantitative estimate of drug-likeness (QED) is 0.752. The number of H-pyrrole nitrogens is 1. The SMILES string of the molecule is CC(C)NC(=O)CNCc1ccc2[nH]ccc2c1. The highest BCUT2D eigenvalue weighted by atomic mass is 16.1. The lowest BCUT2D eigenvalue weighted by Crippen LogP contribution is -2.37. The third kappa shape index (κ3) is 3.34. The number of benzene rings is 1. The summed E-state index contributed by atoms with van der Waals surface area (Å²) in [5.74, 6) is 0.0349. The normalized spacial score (nSPS) is 11.1. The van der Waals surface area contributed by atoms with E-state index in [4.69, 9.17) is 0 Å². The van der Waals surface area contributed by atoms with Gasteiger partial charge in [0, 0.05) is 24.3 Å². The van der Waals surface area contributed by atoms with Crippen molar-refractivity contribution in [2.24, 2.45) is 0 Å². The van der Waals surface area contributed by atoms with Gasteiger partial charge in [0.2, 0.25) is 5.91 Å². The Morgan fingerprint density at radius 3 is 2.94 bits per heavy atom. The molecule has 1 aromatic heterocycles. The fourth-order valence-corrected chi connectivity index (χ4v) is 1.91. The number of fused-ring (bicyclic) bond motifs is 1. The smallest absolute Gasteiger partial charge is 0.234 e. The van der Waals surface area contributed by atoms with Gasteiger partial charge in [-0.05, 0) is 43.0 Å². The van der Waals surface area contributed by atoms with E-state index < -0.39 is 0 Å². The Morgan fingerprint density at radius 2 is 2.17 bits per heavy atom. The average molecular weight is 245 g/mol. The zero-order valence-corrected chi connectivity index (χ0v) is 10.8. The van der Waals surface area contributed by atoms with E-state index in [1.165, 1.54) is 10.9 Å². The van der Waals surface area contributed by atoms with Crippen LogP contribution in [0.2, 0.25) is 0 Å². The number of hydrogen-bond acceptors (Lipinski definition) is 2. The van der Waals surface area contributed by atoms with Gasteiger partial charge in [-0.3, -0.25) is 4.79 Å². The van der Waals surface area contributed by atoms with Crippen LogP contribution in [-0.4, -0.2) is 23.5 Å². The molecule has 0 saturated carbocycles. The van der Waals surface area contributed by atoms with Crippen molar-refractivity contribution in [1.82, 2.24) is 15.6 Å². The van der Waals surface area contributed by atoms with Crippen LogP contribution in [0.1, 0.15) is 19.4 Å². The summed E-state index contributed by atoms with van der Waals surface area (Å²) >= 11 is 0. The van der Waals surface area contributed by atoms with Gasteiger partial charge in [-0.1, -0.05) is 6.07 Å². The molecule has 1 aromatic carbocycles. The molecule has 0 fully saturated rings. The van der Waals surface area contributed by atoms with Gasteiger partial charge in [0.15, 0.2) is 0 Å². The van der Waals surface area contributed by atoms with Crippen LogP contribution in [0.3, 0.4) is 0 Å². The first-order valence-electron chi connectivity index (χ1n) is 6.21. The first-order valence-corrected chi connectivity index (χ1v) is 6.21. The number of hydrogen-bond donors (Lipinski definition) is 3. The summed E-state index contributed by atoms with van der Waals surface area (Å²) in [4.78, 5) is 14.6. The van der Waals surface area contributed by atoms with Gasteiger partial charge in [-0.25, -0.2) is 0 Å². The van der Waals surface area contributed by atoms with E-state index in [0.29, 0.717) is 13.1 Å². The Morgan fingerprint density at radius 1 is 1.33 bits per heavy atom. The zero-order valence-electron chi connectivity index (χ0n) is 10.8. The Bertz CT molecular complexity index is 531. The Kier molecular flexibility index (Phi) is 3.99. The summed E-state index contributed by atoms with van der Waals surface area (Å²) in [6, 6.07) is 8.48. The monoisotopic (exact) mass is 245 g/mol. The molecule has 0 radical (unpaired) electrons. The molecule has 3 N–H and O–H groups in total. The van der Waals surface area contributed by atoms with E-state index in [1.807, 2.05) is 26.1 Å². The topological polar surface area (TPSA) is 56.9 Å². The molecule has 0 bridgehead atoms. The Labute approximate surface area is 107 Å². The minimum Gasteiger partial charge on any atom is -0.361 e. The summed E-state index contributed by atoms with van der Waals surface area (Å²) < 4.78 is 0. The first-order chi connectivity index (χ1) is 8.65. The molecule has 4 heteroatoms. The second-order valence-electron chi connectivity index (χ2n) is 4.73. The van der Waals surface area contributed by atoms with Crippen molar-refractivity contribution in [2.45, 2.75) is 26.4 Å². The molecule has 0 aliphatic carbocycles. The number of carbonyl (C=O) groups is 1. The van der Waals surface area contributed by atoms with Crippen LogP contribution in [0.4, 0.5) is 0 Å². The summed E-state index contributed by atoms with van der Waals surface area (Å²) in [7, 11) is 0. The molecule has 0 aliphatic rings. The van der Waals surface area contributed by atoms with Crippen molar-refractivity contribution in [3.8, 4) is 0 Å². The van der Waals surface area contributed by atoms with Crippen molar-refractivity contribution in [3.05, 3.63) is 36.0 Å². The van der Waals surface area contributed by atoms with E-state index in [0.717, 1.165) is 5.52 Å². The predicted octanol–water partition coefficient (Wildman–Crippen LogP) is 1.78.